The number of halogens is 1. The third kappa shape index (κ3) is 3.97. The molecule has 0 amide bonds. The van der Waals surface area contributed by atoms with Crippen LogP contribution < -0.4 is 0 Å². The molecule has 0 saturated carbocycles. The van der Waals surface area contributed by atoms with E-state index >= 15 is 0 Å². The lowest BCUT2D eigenvalue weighted by atomic mass is 10.1. The first-order valence-electron chi connectivity index (χ1n) is 5.15. The zero-order chi connectivity index (χ0) is 11.3. The van der Waals surface area contributed by atoms with Gasteiger partial charge in [-0.3, -0.25) is 0 Å². The predicted octanol–water partition coefficient (Wildman–Crippen LogP) is 3.44. The molecule has 1 atom stereocenters. The van der Waals surface area contributed by atoms with Gasteiger partial charge in [-0.25, -0.2) is 4.39 Å². The molecule has 0 bridgehead atoms. The van der Waals surface area contributed by atoms with Gasteiger partial charge in [-0.05, 0) is 37.2 Å². The van der Waals surface area contributed by atoms with E-state index in [1.165, 1.54) is 12.1 Å². The lowest BCUT2D eigenvalue weighted by Crippen LogP contribution is -2.13. The van der Waals surface area contributed by atoms with Gasteiger partial charge in [-0.15, -0.1) is 6.58 Å². The van der Waals surface area contributed by atoms with Crippen LogP contribution in [-0.2, 0) is 4.43 Å². The maximum absolute atomic E-state index is 12.7. The fourth-order valence-electron chi connectivity index (χ4n) is 1.43. The summed E-state index contributed by atoms with van der Waals surface area (Å²) in [6.07, 6.45) is 2.65. The number of hydrogen-bond donors (Lipinski definition) is 0. The molecule has 0 spiro atoms. The highest BCUT2D eigenvalue weighted by Gasteiger charge is 2.12. The van der Waals surface area contributed by atoms with Gasteiger partial charge < -0.3 is 4.43 Å². The van der Waals surface area contributed by atoms with Crippen LogP contribution in [0.2, 0.25) is 13.1 Å². The second-order valence-corrected chi connectivity index (χ2v) is 6.12. The van der Waals surface area contributed by atoms with Crippen LogP contribution in [0.25, 0.3) is 0 Å². The molecule has 0 fully saturated rings. The zero-order valence-corrected chi connectivity index (χ0v) is 10.4. The summed E-state index contributed by atoms with van der Waals surface area (Å²) in [7, 11) is -1.08. The molecule has 1 nitrogen and oxygen atoms in total. The topological polar surface area (TPSA) is 9.23 Å². The van der Waals surface area contributed by atoms with Crippen LogP contribution in [0.5, 0.6) is 0 Å². The van der Waals surface area contributed by atoms with E-state index in [9.17, 15) is 4.39 Å². The molecular weight excluding hydrogens is 207 g/mol. The Kier molecular flexibility index (Phi) is 4.72. The molecule has 15 heavy (non-hydrogen) atoms. The van der Waals surface area contributed by atoms with Gasteiger partial charge in [0.2, 0.25) is 0 Å². The van der Waals surface area contributed by atoms with Crippen molar-refractivity contribution < 1.29 is 8.82 Å². The van der Waals surface area contributed by atoms with E-state index in [1.54, 1.807) is 12.1 Å². The summed E-state index contributed by atoms with van der Waals surface area (Å²) in [5.74, 6) is -0.210. The van der Waals surface area contributed by atoms with E-state index in [-0.39, 0.29) is 11.9 Å². The molecule has 0 heterocycles. The summed E-state index contributed by atoms with van der Waals surface area (Å²) < 4.78 is 18.6. The normalized spacial score (nSPS) is 12.8. The summed E-state index contributed by atoms with van der Waals surface area (Å²) >= 11 is 0. The van der Waals surface area contributed by atoms with Crippen LogP contribution in [0.15, 0.2) is 36.9 Å². The maximum atomic E-state index is 12.7. The molecule has 0 aliphatic rings. The Morgan fingerprint density at radius 1 is 1.40 bits per heavy atom. The van der Waals surface area contributed by atoms with Gasteiger partial charge in [-0.2, -0.15) is 0 Å². The van der Waals surface area contributed by atoms with Crippen LogP contribution in [0, 0.1) is 5.82 Å². The average molecular weight is 224 g/mol. The SMILES string of the molecule is C=CCC(O[SiH](C)C)c1ccc(F)cc1. The zero-order valence-electron chi connectivity index (χ0n) is 9.24. The monoisotopic (exact) mass is 224 g/mol. The van der Waals surface area contributed by atoms with E-state index in [1.807, 2.05) is 6.08 Å². The van der Waals surface area contributed by atoms with Crippen LogP contribution in [-0.4, -0.2) is 9.04 Å². The molecule has 82 valence electrons. The predicted molar refractivity (Wildman–Crippen MR) is 63.9 cm³/mol. The van der Waals surface area contributed by atoms with E-state index in [2.05, 4.69) is 19.7 Å². The molecular formula is C12H17FOSi. The van der Waals surface area contributed by atoms with Crippen molar-refractivity contribution >= 4 is 9.04 Å². The Morgan fingerprint density at radius 2 is 2.00 bits per heavy atom. The average Bonchev–Trinajstić information content (AvgIpc) is 2.17. The third-order valence-corrected chi connectivity index (χ3v) is 2.93. The highest BCUT2D eigenvalue weighted by Crippen LogP contribution is 2.22. The molecule has 0 saturated heterocycles. The van der Waals surface area contributed by atoms with Crippen molar-refractivity contribution in [2.75, 3.05) is 0 Å². The van der Waals surface area contributed by atoms with Gasteiger partial charge in [0.1, 0.15) is 5.82 Å². The molecule has 0 aliphatic carbocycles. The third-order valence-electron chi connectivity index (χ3n) is 2.06. The smallest absolute Gasteiger partial charge is 0.171 e. The van der Waals surface area contributed by atoms with Crippen molar-refractivity contribution in [2.24, 2.45) is 0 Å². The van der Waals surface area contributed by atoms with E-state index < -0.39 is 9.04 Å². The molecule has 0 N–H and O–H groups in total. The quantitative estimate of drug-likeness (QED) is 0.550. The van der Waals surface area contributed by atoms with Crippen molar-refractivity contribution in [3.63, 3.8) is 0 Å². The summed E-state index contributed by atoms with van der Waals surface area (Å²) in [5, 5.41) is 0. The highest BCUT2D eigenvalue weighted by atomic mass is 28.3. The largest absolute Gasteiger partial charge is 0.413 e. The minimum atomic E-state index is -1.08. The van der Waals surface area contributed by atoms with Crippen molar-refractivity contribution in [1.29, 1.82) is 0 Å². The first-order chi connectivity index (χ1) is 7.13. The summed E-state index contributed by atoms with van der Waals surface area (Å²) in [6, 6.07) is 6.49. The second kappa shape index (κ2) is 5.83. The standard InChI is InChI=1S/C12H17FOSi/c1-4-5-12(14-15(2)3)10-6-8-11(13)9-7-10/h4,6-9,12,15H,1,5H2,2-3H3. The molecule has 0 aromatic heterocycles. The fourth-order valence-corrected chi connectivity index (χ4v) is 2.35. The Morgan fingerprint density at radius 3 is 2.47 bits per heavy atom. The Balaban J connectivity index is 2.78. The van der Waals surface area contributed by atoms with Gasteiger partial charge in [0.15, 0.2) is 9.04 Å². The molecule has 1 aromatic carbocycles. The van der Waals surface area contributed by atoms with Crippen molar-refractivity contribution in [2.45, 2.75) is 25.6 Å². The van der Waals surface area contributed by atoms with Gasteiger partial charge in [0.25, 0.3) is 0 Å². The van der Waals surface area contributed by atoms with Gasteiger partial charge >= 0.3 is 0 Å². The highest BCUT2D eigenvalue weighted by molar-refractivity contribution is 6.48. The lowest BCUT2D eigenvalue weighted by Gasteiger charge is -2.19. The van der Waals surface area contributed by atoms with Crippen molar-refractivity contribution in [3.05, 3.63) is 48.3 Å². The summed E-state index contributed by atoms with van der Waals surface area (Å²) in [5.41, 5.74) is 1.03. The first-order valence-corrected chi connectivity index (χ1v) is 7.93. The molecule has 1 rings (SSSR count). The Hall–Kier alpha value is -0.933. The number of rotatable bonds is 5. The molecule has 0 aliphatic heterocycles. The maximum Gasteiger partial charge on any atom is 0.171 e. The minimum absolute atomic E-state index is 0.0368. The fraction of sp³-hybridized carbons (Fsp3) is 0.333. The van der Waals surface area contributed by atoms with Crippen LogP contribution >= 0.6 is 0 Å². The molecule has 0 radical (unpaired) electrons. The van der Waals surface area contributed by atoms with Crippen LogP contribution in [0.3, 0.4) is 0 Å². The Bertz CT molecular complexity index is 308. The second-order valence-electron chi connectivity index (χ2n) is 3.75. The van der Waals surface area contributed by atoms with Gasteiger partial charge in [-0.1, -0.05) is 18.2 Å². The van der Waals surface area contributed by atoms with E-state index in [0.29, 0.717) is 0 Å². The lowest BCUT2D eigenvalue weighted by molar-refractivity contribution is 0.213. The molecule has 1 unspecified atom stereocenters. The minimum Gasteiger partial charge on any atom is -0.413 e. The molecule has 3 heteroatoms. The van der Waals surface area contributed by atoms with Crippen molar-refractivity contribution in [3.8, 4) is 0 Å². The Labute approximate surface area is 92.3 Å². The molecule has 1 aromatic rings. The summed E-state index contributed by atoms with van der Waals surface area (Å²) in [4.78, 5) is 0. The number of hydrogen-bond acceptors (Lipinski definition) is 1. The van der Waals surface area contributed by atoms with E-state index in [4.69, 9.17) is 4.43 Å². The first kappa shape index (κ1) is 12.1. The number of benzene rings is 1. The van der Waals surface area contributed by atoms with Gasteiger partial charge in [0.05, 0.1) is 6.10 Å². The van der Waals surface area contributed by atoms with Crippen molar-refractivity contribution in [1.82, 2.24) is 0 Å². The van der Waals surface area contributed by atoms with Crippen LogP contribution in [0.4, 0.5) is 4.39 Å². The van der Waals surface area contributed by atoms with E-state index in [0.717, 1.165) is 12.0 Å². The van der Waals surface area contributed by atoms with Gasteiger partial charge in [0, 0.05) is 0 Å². The summed E-state index contributed by atoms with van der Waals surface area (Å²) in [6.45, 7) is 7.96. The van der Waals surface area contributed by atoms with Crippen LogP contribution in [0.1, 0.15) is 18.1 Å².